The van der Waals surface area contributed by atoms with Crippen molar-refractivity contribution >= 4 is 17.7 Å². The van der Waals surface area contributed by atoms with Gasteiger partial charge in [0.15, 0.2) is 0 Å². The maximum atomic E-state index is 12.0. The van der Waals surface area contributed by atoms with Gasteiger partial charge in [-0.1, -0.05) is 51.1 Å². The first-order valence-electron chi connectivity index (χ1n) is 8.32. The Bertz CT molecular complexity index is 704. The molecule has 0 bridgehead atoms. The molecule has 1 N–H and O–H groups in total. The van der Waals surface area contributed by atoms with E-state index in [1.807, 2.05) is 12.1 Å². The van der Waals surface area contributed by atoms with E-state index >= 15 is 0 Å². The molecule has 0 saturated carbocycles. The van der Waals surface area contributed by atoms with Crippen molar-refractivity contribution in [1.29, 1.82) is 0 Å². The fourth-order valence-electron chi connectivity index (χ4n) is 2.63. The summed E-state index contributed by atoms with van der Waals surface area (Å²) in [6.07, 6.45) is 2.90. The average molecular weight is 345 g/mol. The third-order valence-corrected chi connectivity index (χ3v) is 5.23. The Morgan fingerprint density at radius 3 is 2.62 bits per heavy atom. The van der Waals surface area contributed by atoms with E-state index in [1.54, 1.807) is 0 Å². The molecular weight excluding hydrogens is 322 g/mol. The quantitative estimate of drug-likeness (QED) is 0.916. The molecule has 0 radical (unpaired) electrons. The Kier molecular flexibility index (Phi) is 4.94. The van der Waals surface area contributed by atoms with Crippen LogP contribution in [0.5, 0.6) is 0 Å². The number of carbonyl (C=O) groups is 1. The maximum absolute atomic E-state index is 12.0. The molecule has 1 saturated heterocycles. The predicted molar refractivity (Wildman–Crippen MR) is 94.9 cm³/mol. The van der Waals surface area contributed by atoms with Gasteiger partial charge in [-0.3, -0.25) is 4.79 Å². The summed E-state index contributed by atoms with van der Waals surface area (Å²) in [4.78, 5) is 12.0. The Labute approximate surface area is 146 Å². The summed E-state index contributed by atoms with van der Waals surface area (Å²) in [7, 11) is 0. The predicted octanol–water partition coefficient (Wildman–Crippen LogP) is 3.79. The third kappa shape index (κ3) is 3.98. The van der Waals surface area contributed by atoms with E-state index in [4.69, 9.17) is 4.42 Å². The molecule has 1 unspecified atom stereocenters. The summed E-state index contributed by atoms with van der Waals surface area (Å²) in [6.45, 7) is 7.30. The van der Waals surface area contributed by atoms with Crippen molar-refractivity contribution in [2.45, 2.75) is 55.9 Å². The number of nitrogens with zero attached hydrogens (tertiary/aromatic N) is 2. The standard InChI is InChI=1S/C18H23N3O2S/c1-18(2,3)13-9-7-12(8-10-13)16-20-21-17(23-16)24-14-6-4-5-11-19-15(14)22/h7-10,14H,4-6,11H2,1-3H3,(H,19,22). The van der Waals surface area contributed by atoms with Gasteiger partial charge in [-0.15, -0.1) is 10.2 Å². The van der Waals surface area contributed by atoms with Crippen LogP contribution in [0.3, 0.4) is 0 Å². The highest BCUT2D eigenvalue weighted by Crippen LogP contribution is 2.30. The van der Waals surface area contributed by atoms with Crippen LogP contribution in [0.25, 0.3) is 11.5 Å². The van der Waals surface area contributed by atoms with E-state index in [1.165, 1.54) is 17.3 Å². The first kappa shape index (κ1) is 17.0. The van der Waals surface area contributed by atoms with Crippen LogP contribution in [-0.4, -0.2) is 27.9 Å². The van der Waals surface area contributed by atoms with Crippen LogP contribution in [0, 0.1) is 0 Å². The number of benzene rings is 1. The lowest BCUT2D eigenvalue weighted by Crippen LogP contribution is -2.30. The average Bonchev–Trinajstić information content (AvgIpc) is 2.92. The molecule has 1 aromatic heterocycles. The summed E-state index contributed by atoms with van der Waals surface area (Å²) in [5.41, 5.74) is 2.27. The SMILES string of the molecule is CC(C)(C)c1ccc(-c2nnc(SC3CCCCNC3=O)o2)cc1. The molecule has 1 aliphatic heterocycles. The van der Waals surface area contributed by atoms with Gasteiger partial charge in [-0.05, 0) is 36.0 Å². The molecule has 3 rings (SSSR count). The lowest BCUT2D eigenvalue weighted by Gasteiger charge is -2.18. The molecule has 128 valence electrons. The molecule has 0 spiro atoms. The molecule has 1 atom stereocenters. The van der Waals surface area contributed by atoms with E-state index in [2.05, 4.69) is 48.4 Å². The Balaban J connectivity index is 1.72. The maximum Gasteiger partial charge on any atom is 0.277 e. The zero-order chi connectivity index (χ0) is 17.2. The molecule has 1 amide bonds. The Hall–Kier alpha value is -1.82. The first-order chi connectivity index (χ1) is 11.4. The van der Waals surface area contributed by atoms with Gasteiger partial charge in [0.2, 0.25) is 11.8 Å². The van der Waals surface area contributed by atoms with Crippen LogP contribution in [0.15, 0.2) is 33.9 Å². The smallest absolute Gasteiger partial charge is 0.277 e. The lowest BCUT2D eigenvalue weighted by atomic mass is 9.87. The number of aromatic nitrogens is 2. The second kappa shape index (κ2) is 6.97. The molecule has 1 fully saturated rings. The first-order valence-corrected chi connectivity index (χ1v) is 9.20. The van der Waals surface area contributed by atoms with Crippen LogP contribution < -0.4 is 5.32 Å². The van der Waals surface area contributed by atoms with Gasteiger partial charge >= 0.3 is 0 Å². The molecule has 2 heterocycles. The van der Waals surface area contributed by atoms with E-state index in [0.29, 0.717) is 11.1 Å². The third-order valence-electron chi connectivity index (χ3n) is 4.13. The molecule has 24 heavy (non-hydrogen) atoms. The van der Waals surface area contributed by atoms with E-state index < -0.39 is 0 Å². The number of amides is 1. The van der Waals surface area contributed by atoms with Crippen molar-refractivity contribution in [3.05, 3.63) is 29.8 Å². The van der Waals surface area contributed by atoms with Gasteiger partial charge in [0.05, 0.1) is 5.25 Å². The number of hydrogen-bond acceptors (Lipinski definition) is 5. The highest BCUT2D eigenvalue weighted by Gasteiger charge is 2.24. The lowest BCUT2D eigenvalue weighted by molar-refractivity contribution is -0.120. The highest BCUT2D eigenvalue weighted by atomic mass is 32.2. The second-order valence-corrected chi connectivity index (χ2v) is 8.25. The minimum atomic E-state index is -0.149. The van der Waals surface area contributed by atoms with Gasteiger partial charge in [-0.2, -0.15) is 0 Å². The summed E-state index contributed by atoms with van der Waals surface area (Å²) in [5.74, 6) is 0.554. The zero-order valence-electron chi connectivity index (χ0n) is 14.3. The number of carbonyl (C=O) groups excluding carboxylic acids is 1. The van der Waals surface area contributed by atoms with E-state index in [-0.39, 0.29) is 16.6 Å². The summed E-state index contributed by atoms with van der Waals surface area (Å²) in [6, 6.07) is 8.18. The largest absolute Gasteiger partial charge is 0.411 e. The molecule has 2 aromatic rings. The Morgan fingerprint density at radius 2 is 1.92 bits per heavy atom. The zero-order valence-corrected chi connectivity index (χ0v) is 15.2. The van der Waals surface area contributed by atoms with Crippen molar-refractivity contribution in [1.82, 2.24) is 15.5 Å². The number of hydrogen-bond donors (Lipinski definition) is 1. The van der Waals surface area contributed by atoms with Crippen molar-refractivity contribution in [3.8, 4) is 11.5 Å². The summed E-state index contributed by atoms with van der Waals surface area (Å²) in [5, 5.41) is 11.4. The minimum absolute atomic E-state index is 0.0618. The number of thioether (sulfide) groups is 1. The minimum Gasteiger partial charge on any atom is -0.411 e. The van der Waals surface area contributed by atoms with Crippen molar-refractivity contribution in [2.24, 2.45) is 0 Å². The summed E-state index contributed by atoms with van der Waals surface area (Å²) >= 11 is 1.36. The van der Waals surface area contributed by atoms with Crippen LogP contribution >= 0.6 is 11.8 Å². The van der Waals surface area contributed by atoms with E-state index in [9.17, 15) is 4.79 Å². The van der Waals surface area contributed by atoms with Crippen LogP contribution in [0.2, 0.25) is 0 Å². The highest BCUT2D eigenvalue weighted by molar-refractivity contribution is 8.00. The van der Waals surface area contributed by atoms with Gasteiger partial charge in [0.1, 0.15) is 0 Å². The second-order valence-electron chi connectivity index (χ2n) is 7.09. The van der Waals surface area contributed by atoms with Crippen molar-refractivity contribution in [3.63, 3.8) is 0 Å². The van der Waals surface area contributed by atoms with Crippen LogP contribution in [0.4, 0.5) is 0 Å². The van der Waals surface area contributed by atoms with Gasteiger partial charge < -0.3 is 9.73 Å². The van der Waals surface area contributed by atoms with Crippen molar-refractivity contribution < 1.29 is 9.21 Å². The van der Waals surface area contributed by atoms with Gasteiger partial charge in [0.25, 0.3) is 5.22 Å². The van der Waals surface area contributed by atoms with Crippen LogP contribution in [-0.2, 0) is 10.2 Å². The fourth-order valence-corrected chi connectivity index (χ4v) is 3.57. The molecular formula is C18H23N3O2S. The fraction of sp³-hybridized carbons (Fsp3) is 0.500. The van der Waals surface area contributed by atoms with Crippen LogP contribution in [0.1, 0.15) is 45.6 Å². The van der Waals surface area contributed by atoms with Gasteiger partial charge in [0, 0.05) is 12.1 Å². The monoisotopic (exact) mass is 345 g/mol. The normalized spacial score (nSPS) is 19.0. The summed E-state index contributed by atoms with van der Waals surface area (Å²) < 4.78 is 5.75. The molecule has 5 nitrogen and oxygen atoms in total. The Morgan fingerprint density at radius 1 is 1.17 bits per heavy atom. The van der Waals surface area contributed by atoms with Crippen molar-refractivity contribution in [2.75, 3.05) is 6.54 Å². The molecule has 1 aliphatic rings. The number of rotatable bonds is 3. The topological polar surface area (TPSA) is 68.0 Å². The molecule has 0 aliphatic carbocycles. The van der Waals surface area contributed by atoms with E-state index in [0.717, 1.165) is 31.4 Å². The molecule has 6 heteroatoms. The molecule has 1 aromatic carbocycles. The van der Waals surface area contributed by atoms with Gasteiger partial charge in [-0.25, -0.2) is 0 Å². The number of nitrogens with one attached hydrogen (secondary N) is 1.